The first-order valence-electron chi connectivity index (χ1n) is 7.98. The molecule has 0 radical (unpaired) electrons. The Balaban J connectivity index is 2.02. The molecule has 23 heavy (non-hydrogen) atoms. The molecule has 0 heterocycles. The van der Waals surface area contributed by atoms with Crippen molar-refractivity contribution < 1.29 is 0 Å². The summed E-state index contributed by atoms with van der Waals surface area (Å²) < 4.78 is 0. The normalized spacial score (nSPS) is 11.0. The van der Waals surface area contributed by atoms with Crippen molar-refractivity contribution in [3.05, 3.63) is 83.9 Å². The monoisotopic (exact) mass is 297 g/mol. The van der Waals surface area contributed by atoms with Crippen molar-refractivity contribution in [1.29, 1.82) is 0 Å². The predicted molar refractivity (Wildman–Crippen MR) is 101 cm³/mol. The van der Waals surface area contributed by atoms with Crippen molar-refractivity contribution in [2.45, 2.75) is 13.8 Å². The van der Waals surface area contributed by atoms with E-state index in [1.807, 2.05) is 6.07 Å². The fraction of sp³-hybridized carbons (Fsp3) is 0.0909. The number of fused-ring (bicyclic) bond motifs is 3. The van der Waals surface area contributed by atoms with Crippen molar-refractivity contribution in [3.8, 4) is 0 Å². The van der Waals surface area contributed by atoms with Crippen LogP contribution in [-0.2, 0) is 0 Å². The van der Waals surface area contributed by atoms with Gasteiger partial charge in [-0.1, -0.05) is 60.7 Å². The second-order valence-corrected chi connectivity index (χ2v) is 6.07. The van der Waals surface area contributed by atoms with Crippen LogP contribution in [0.25, 0.3) is 21.5 Å². The van der Waals surface area contributed by atoms with Crippen LogP contribution in [0.5, 0.6) is 0 Å². The topological polar surface area (TPSA) is 12.0 Å². The fourth-order valence-electron chi connectivity index (χ4n) is 3.22. The summed E-state index contributed by atoms with van der Waals surface area (Å²) in [6.45, 7) is 4.38. The van der Waals surface area contributed by atoms with Crippen molar-refractivity contribution in [1.82, 2.24) is 0 Å². The van der Waals surface area contributed by atoms with Gasteiger partial charge in [-0.25, -0.2) is 0 Å². The molecule has 4 rings (SSSR count). The SMILES string of the molecule is Cc1cc2c(ccc3ccccc32)c(Nc2ccccc2)c1C. The molecule has 0 atom stereocenters. The molecule has 1 heteroatoms. The highest BCUT2D eigenvalue weighted by molar-refractivity contribution is 6.12. The van der Waals surface area contributed by atoms with E-state index in [1.54, 1.807) is 0 Å². The average Bonchev–Trinajstić information content (AvgIpc) is 2.60. The first kappa shape index (κ1) is 13.8. The van der Waals surface area contributed by atoms with Gasteiger partial charge in [0.2, 0.25) is 0 Å². The van der Waals surface area contributed by atoms with Crippen LogP contribution in [0.15, 0.2) is 72.8 Å². The number of para-hydroxylation sites is 1. The van der Waals surface area contributed by atoms with Crippen molar-refractivity contribution in [3.63, 3.8) is 0 Å². The summed E-state index contributed by atoms with van der Waals surface area (Å²) in [5.74, 6) is 0. The molecule has 0 amide bonds. The molecule has 1 nitrogen and oxygen atoms in total. The summed E-state index contributed by atoms with van der Waals surface area (Å²) in [7, 11) is 0. The number of aryl methyl sites for hydroxylation is 1. The van der Waals surface area contributed by atoms with E-state index in [9.17, 15) is 0 Å². The van der Waals surface area contributed by atoms with Crippen LogP contribution in [0.4, 0.5) is 11.4 Å². The van der Waals surface area contributed by atoms with E-state index in [1.165, 1.54) is 38.4 Å². The van der Waals surface area contributed by atoms with Crippen LogP contribution in [0.1, 0.15) is 11.1 Å². The van der Waals surface area contributed by atoms with Gasteiger partial charge in [-0.05, 0) is 53.3 Å². The number of benzene rings is 4. The Morgan fingerprint density at radius 2 is 1.39 bits per heavy atom. The Morgan fingerprint density at radius 1 is 0.652 bits per heavy atom. The van der Waals surface area contributed by atoms with Gasteiger partial charge in [0.05, 0.1) is 0 Å². The third-order valence-corrected chi connectivity index (χ3v) is 4.61. The first-order chi connectivity index (χ1) is 11.2. The van der Waals surface area contributed by atoms with Gasteiger partial charge in [-0.15, -0.1) is 0 Å². The van der Waals surface area contributed by atoms with E-state index in [2.05, 4.69) is 85.9 Å². The number of anilines is 2. The summed E-state index contributed by atoms with van der Waals surface area (Å²) in [6.07, 6.45) is 0. The molecule has 112 valence electrons. The van der Waals surface area contributed by atoms with Crippen LogP contribution in [0, 0.1) is 13.8 Å². The Kier molecular flexibility index (Phi) is 3.27. The van der Waals surface area contributed by atoms with Crippen LogP contribution < -0.4 is 5.32 Å². The molecule has 0 saturated heterocycles. The van der Waals surface area contributed by atoms with Crippen LogP contribution in [0.2, 0.25) is 0 Å². The summed E-state index contributed by atoms with van der Waals surface area (Å²) >= 11 is 0. The summed E-state index contributed by atoms with van der Waals surface area (Å²) in [6, 6.07) is 25.7. The number of hydrogen-bond donors (Lipinski definition) is 1. The maximum Gasteiger partial charge on any atom is 0.0496 e. The minimum Gasteiger partial charge on any atom is -0.355 e. The summed E-state index contributed by atoms with van der Waals surface area (Å²) in [5, 5.41) is 8.80. The molecule has 4 aromatic rings. The Hall–Kier alpha value is -2.80. The van der Waals surface area contributed by atoms with Crippen LogP contribution in [0.3, 0.4) is 0 Å². The van der Waals surface area contributed by atoms with E-state index in [0.29, 0.717) is 0 Å². The molecule has 0 aromatic heterocycles. The largest absolute Gasteiger partial charge is 0.355 e. The summed E-state index contributed by atoms with van der Waals surface area (Å²) in [5.41, 5.74) is 4.94. The van der Waals surface area contributed by atoms with E-state index in [-0.39, 0.29) is 0 Å². The zero-order chi connectivity index (χ0) is 15.8. The van der Waals surface area contributed by atoms with Crippen LogP contribution in [-0.4, -0.2) is 0 Å². The second-order valence-electron chi connectivity index (χ2n) is 6.07. The standard InChI is InChI=1S/C22H19N/c1-15-14-21-19-11-7-6-8-17(19)12-13-20(21)22(16(15)2)23-18-9-4-3-5-10-18/h3-14,23H,1-2H3. The lowest BCUT2D eigenvalue weighted by atomic mass is 9.95. The molecular formula is C22H19N. The molecular weight excluding hydrogens is 278 g/mol. The second kappa shape index (κ2) is 5.44. The van der Waals surface area contributed by atoms with Gasteiger partial charge in [0, 0.05) is 16.8 Å². The van der Waals surface area contributed by atoms with Gasteiger partial charge in [0.15, 0.2) is 0 Å². The molecule has 0 fully saturated rings. The quantitative estimate of drug-likeness (QED) is 0.425. The zero-order valence-electron chi connectivity index (χ0n) is 13.4. The van der Waals surface area contributed by atoms with E-state index >= 15 is 0 Å². The zero-order valence-corrected chi connectivity index (χ0v) is 13.4. The molecule has 0 aliphatic heterocycles. The smallest absolute Gasteiger partial charge is 0.0496 e. The minimum atomic E-state index is 1.12. The molecule has 0 saturated carbocycles. The van der Waals surface area contributed by atoms with Crippen molar-refractivity contribution in [2.24, 2.45) is 0 Å². The molecule has 0 spiro atoms. The lowest BCUT2D eigenvalue weighted by Crippen LogP contribution is -1.97. The van der Waals surface area contributed by atoms with E-state index in [0.717, 1.165) is 5.69 Å². The highest BCUT2D eigenvalue weighted by Crippen LogP contribution is 2.36. The number of nitrogens with one attached hydrogen (secondary N) is 1. The Bertz CT molecular complexity index is 1000. The third kappa shape index (κ3) is 2.35. The lowest BCUT2D eigenvalue weighted by molar-refractivity contribution is 1.35. The number of rotatable bonds is 2. The van der Waals surface area contributed by atoms with Gasteiger partial charge in [0.25, 0.3) is 0 Å². The van der Waals surface area contributed by atoms with E-state index in [4.69, 9.17) is 0 Å². The van der Waals surface area contributed by atoms with E-state index < -0.39 is 0 Å². The molecule has 1 N–H and O–H groups in total. The predicted octanol–water partition coefficient (Wildman–Crippen LogP) is 6.35. The van der Waals surface area contributed by atoms with Gasteiger partial charge in [-0.2, -0.15) is 0 Å². The van der Waals surface area contributed by atoms with Gasteiger partial charge in [0.1, 0.15) is 0 Å². The third-order valence-electron chi connectivity index (χ3n) is 4.61. The van der Waals surface area contributed by atoms with Gasteiger partial charge in [-0.3, -0.25) is 0 Å². The lowest BCUT2D eigenvalue weighted by Gasteiger charge is -2.17. The minimum absolute atomic E-state index is 1.12. The Labute approximate surface area is 136 Å². The number of hydrogen-bond acceptors (Lipinski definition) is 1. The fourth-order valence-corrected chi connectivity index (χ4v) is 3.22. The Morgan fingerprint density at radius 3 is 2.22 bits per heavy atom. The van der Waals surface area contributed by atoms with Gasteiger partial charge < -0.3 is 5.32 Å². The average molecular weight is 297 g/mol. The highest BCUT2D eigenvalue weighted by Gasteiger charge is 2.10. The highest BCUT2D eigenvalue weighted by atomic mass is 14.9. The van der Waals surface area contributed by atoms with Crippen molar-refractivity contribution >= 4 is 32.9 Å². The molecule has 0 aliphatic rings. The molecule has 0 unspecified atom stereocenters. The van der Waals surface area contributed by atoms with Crippen LogP contribution >= 0.6 is 0 Å². The molecule has 4 aromatic carbocycles. The maximum absolute atomic E-state index is 3.62. The van der Waals surface area contributed by atoms with Gasteiger partial charge >= 0.3 is 0 Å². The summed E-state index contributed by atoms with van der Waals surface area (Å²) in [4.78, 5) is 0. The maximum atomic E-state index is 3.62. The first-order valence-corrected chi connectivity index (χ1v) is 7.98. The van der Waals surface area contributed by atoms with Crippen molar-refractivity contribution in [2.75, 3.05) is 5.32 Å². The molecule has 0 bridgehead atoms. The molecule has 0 aliphatic carbocycles.